The predicted molar refractivity (Wildman–Crippen MR) is 101 cm³/mol. The Morgan fingerprint density at radius 2 is 1.67 bits per heavy atom. The molecule has 2 aromatic rings. The minimum atomic E-state index is -0.226. The second kappa shape index (κ2) is 8.15. The molecule has 4 heteroatoms. The van der Waals surface area contributed by atoms with Crippen molar-refractivity contribution >= 4 is 29.1 Å². The van der Waals surface area contributed by atoms with E-state index in [-0.39, 0.29) is 16.9 Å². The van der Waals surface area contributed by atoms with Gasteiger partial charge in [-0.05, 0) is 49.6 Å². The van der Waals surface area contributed by atoms with Gasteiger partial charge in [0.15, 0.2) is 5.78 Å². The monoisotopic (exact) mass is 341 g/mol. The molecule has 24 heavy (non-hydrogen) atoms. The SMILES string of the molecule is CC(=O)c1cccc(NC(=O)C(C)Sc2ccc(C(C)C)cc2)c1. The van der Waals surface area contributed by atoms with Gasteiger partial charge in [-0.2, -0.15) is 0 Å². The van der Waals surface area contributed by atoms with E-state index < -0.39 is 0 Å². The first-order chi connectivity index (χ1) is 11.4. The van der Waals surface area contributed by atoms with Crippen LogP contribution in [-0.2, 0) is 4.79 Å². The highest BCUT2D eigenvalue weighted by Gasteiger charge is 2.15. The Bertz CT molecular complexity index is 723. The first-order valence-electron chi connectivity index (χ1n) is 8.05. The van der Waals surface area contributed by atoms with Gasteiger partial charge in [-0.1, -0.05) is 38.1 Å². The number of nitrogens with one attached hydrogen (secondary N) is 1. The zero-order valence-corrected chi connectivity index (χ0v) is 15.3. The minimum Gasteiger partial charge on any atom is -0.325 e. The van der Waals surface area contributed by atoms with Gasteiger partial charge in [0.2, 0.25) is 5.91 Å². The number of amides is 1. The molecule has 0 aromatic heterocycles. The van der Waals surface area contributed by atoms with Crippen molar-refractivity contribution in [2.45, 2.75) is 43.8 Å². The highest BCUT2D eigenvalue weighted by Crippen LogP contribution is 2.26. The summed E-state index contributed by atoms with van der Waals surface area (Å²) in [7, 11) is 0. The Balaban J connectivity index is 1.99. The van der Waals surface area contributed by atoms with Crippen molar-refractivity contribution in [3.63, 3.8) is 0 Å². The summed E-state index contributed by atoms with van der Waals surface area (Å²) < 4.78 is 0. The van der Waals surface area contributed by atoms with Crippen LogP contribution in [-0.4, -0.2) is 16.9 Å². The number of thioether (sulfide) groups is 1. The number of rotatable bonds is 6. The molecule has 0 heterocycles. The van der Waals surface area contributed by atoms with E-state index in [0.29, 0.717) is 17.2 Å². The lowest BCUT2D eigenvalue weighted by molar-refractivity contribution is -0.115. The first-order valence-corrected chi connectivity index (χ1v) is 8.93. The number of anilines is 1. The van der Waals surface area contributed by atoms with Crippen molar-refractivity contribution in [1.29, 1.82) is 0 Å². The smallest absolute Gasteiger partial charge is 0.237 e. The Hall–Kier alpha value is -2.07. The van der Waals surface area contributed by atoms with E-state index in [0.717, 1.165) is 4.90 Å². The molecule has 1 atom stereocenters. The fraction of sp³-hybridized carbons (Fsp3) is 0.300. The van der Waals surface area contributed by atoms with Crippen LogP contribution in [0.15, 0.2) is 53.4 Å². The van der Waals surface area contributed by atoms with Gasteiger partial charge in [-0.3, -0.25) is 9.59 Å². The number of hydrogen-bond acceptors (Lipinski definition) is 3. The highest BCUT2D eigenvalue weighted by atomic mass is 32.2. The van der Waals surface area contributed by atoms with Crippen LogP contribution in [0.5, 0.6) is 0 Å². The number of benzene rings is 2. The van der Waals surface area contributed by atoms with Crippen LogP contribution in [0.4, 0.5) is 5.69 Å². The molecule has 0 fully saturated rings. The molecule has 0 saturated carbocycles. The normalized spacial score (nSPS) is 12.0. The molecule has 2 aromatic carbocycles. The number of Topliss-reactive ketones (excluding diaryl/α,β-unsaturated/α-hetero) is 1. The fourth-order valence-corrected chi connectivity index (χ4v) is 3.12. The summed E-state index contributed by atoms with van der Waals surface area (Å²) in [5.41, 5.74) is 2.53. The summed E-state index contributed by atoms with van der Waals surface area (Å²) in [4.78, 5) is 24.8. The quantitative estimate of drug-likeness (QED) is 0.585. The molecular weight excluding hydrogens is 318 g/mol. The molecule has 1 unspecified atom stereocenters. The average molecular weight is 341 g/mol. The average Bonchev–Trinajstić information content (AvgIpc) is 2.55. The Morgan fingerprint density at radius 3 is 2.25 bits per heavy atom. The first kappa shape index (κ1) is 18.3. The summed E-state index contributed by atoms with van der Waals surface area (Å²) in [5, 5.41) is 2.65. The molecule has 0 aliphatic rings. The molecule has 0 spiro atoms. The summed E-state index contributed by atoms with van der Waals surface area (Å²) >= 11 is 1.52. The molecule has 0 saturated heterocycles. The molecule has 0 aliphatic carbocycles. The van der Waals surface area contributed by atoms with Gasteiger partial charge in [0.1, 0.15) is 0 Å². The van der Waals surface area contributed by atoms with E-state index >= 15 is 0 Å². The van der Waals surface area contributed by atoms with Gasteiger partial charge in [-0.25, -0.2) is 0 Å². The van der Waals surface area contributed by atoms with Crippen molar-refractivity contribution < 1.29 is 9.59 Å². The summed E-state index contributed by atoms with van der Waals surface area (Å²) in [6.07, 6.45) is 0. The van der Waals surface area contributed by atoms with Crippen molar-refractivity contribution in [1.82, 2.24) is 0 Å². The highest BCUT2D eigenvalue weighted by molar-refractivity contribution is 8.00. The van der Waals surface area contributed by atoms with Crippen LogP contribution in [0, 0.1) is 0 Å². The van der Waals surface area contributed by atoms with Crippen molar-refractivity contribution in [3.8, 4) is 0 Å². The van der Waals surface area contributed by atoms with Crippen LogP contribution < -0.4 is 5.32 Å². The molecule has 126 valence electrons. The zero-order chi connectivity index (χ0) is 17.7. The predicted octanol–water partition coefficient (Wildman–Crippen LogP) is 5.13. The fourth-order valence-electron chi connectivity index (χ4n) is 2.25. The third-order valence-corrected chi connectivity index (χ3v) is 4.88. The number of ketones is 1. The van der Waals surface area contributed by atoms with Crippen LogP contribution in [0.3, 0.4) is 0 Å². The molecule has 1 N–H and O–H groups in total. The molecule has 0 bridgehead atoms. The third kappa shape index (κ3) is 4.96. The van der Waals surface area contributed by atoms with Gasteiger partial charge < -0.3 is 5.32 Å². The third-order valence-electron chi connectivity index (χ3n) is 3.77. The lowest BCUT2D eigenvalue weighted by Crippen LogP contribution is -2.22. The van der Waals surface area contributed by atoms with E-state index in [2.05, 4.69) is 43.4 Å². The van der Waals surface area contributed by atoms with Crippen LogP contribution >= 0.6 is 11.8 Å². The molecular formula is C20H23NO2S. The van der Waals surface area contributed by atoms with E-state index in [1.807, 2.05) is 6.92 Å². The van der Waals surface area contributed by atoms with Crippen LogP contribution in [0.25, 0.3) is 0 Å². The van der Waals surface area contributed by atoms with E-state index in [9.17, 15) is 9.59 Å². The largest absolute Gasteiger partial charge is 0.325 e. The molecule has 2 rings (SSSR count). The van der Waals surface area contributed by atoms with Crippen molar-refractivity contribution in [2.75, 3.05) is 5.32 Å². The molecule has 0 radical (unpaired) electrons. The molecule has 1 amide bonds. The maximum atomic E-state index is 12.4. The maximum Gasteiger partial charge on any atom is 0.237 e. The lowest BCUT2D eigenvalue weighted by atomic mass is 10.0. The summed E-state index contributed by atoms with van der Waals surface area (Å²) in [5.74, 6) is 0.408. The van der Waals surface area contributed by atoms with Crippen molar-refractivity contribution in [2.24, 2.45) is 0 Å². The van der Waals surface area contributed by atoms with E-state index in [4.69, 9.17) is 0 Å². The number of carbonyl (C=O) groups excluding carboxylic acids is 2. The summed E-state index contributed by atoms with van der Waals surface area (Å²) in [6.45, 7) is 7.71. The standard InChI is InChI=1S/C20H23NO2S/c1-13(2)16-8-10-19(11-9-16)24-15(4)20(23)21-18-7-5-6-17(12-18)14(3)22/h5-13,15H,1-4H3,(H,21,23). The maximum absolute atomic E-state index is 12.4. The lowest BCUT2D eigenvalue weighted by Gasteiger charge is -2.13. The Kier molecular flexibility index (Phi) is 6.21. The van der Waals surface area contributed by atoms with Crippen molar-refractivity contribution in [3.05, 3.63) is 59.7 Å². The van der Waals surface area contributed by atoms with Gasteiger partial charge in [0, 0.05) is 16.1 Å². The van der Waals surface area contributed by atoms with Gasteiger partial charge in [0.05, 0.1) is 5.25 Å². The molecule has 0 aliphatic heterocycles. The number of hydrogen-bond donors (Lipinski definition) is 1. The number of carbonyl (C=O) groups is 2. The minimum absolute atomic E-state index is 0.0150. The Labute approximate surface area is 147 Å². The topological polar surface area (TPSA) is 46.2 Å². The zero-order valence-electron chi connectivity index (χ0n) is 14.5. The molecule has 3 nitrogen and oxygen atoms in total. The van der Waals surface area contributed by atoms with E-state index in [1.165, 1.54) is 24.2 Å². The second-order valence-corrected chi connectivity index (χ2v) is 7.52. The van der Waals surface area contributed by atoms with E-state index in [1.54, 1.807) is 24.3 Å². The summed E-state index contributed by atoms with van der Waals surface area (Å²) in [6, 6.07) is 15.3. The van der Waals surface area contributed by atoms with Crippen LogP contribution in [0.1, 0.15) is 49.5 Å². The van der Waals surface area contributed by atoms with Gasteiger partial charge in [-0.15, -0.1) is 11.8 Å². The van der Waals surface area contributed by atoms with Gasteiger partial charge >= 0.3 is 0 Å². The van der Waals surface area contributed by atoms with Gasteiger partial charge in [0.25, 0.3) is 0 Å². The Morgan fingerprint density at radius 1 is 1.00 bits per heavy atom. The van der Waals surface area contributed by atoms with Crippen LogP contribution in [0.2, 0.25) is 0 Å². The second-order valence-electron chi connectivity index (χ2n) is 6.11.